The lowest BCUT2D eigenvalue weighted by atomic mass is 9.91. The number of hydrogen-bond donors (Lipinski definition) is 0. The Balaban J connectivity index is 1.40. The summed E-state index contributed by atoms with van der Waals surface area (Å²) in [6.07, 6.45) is 2.28. The molecule has 3 heteroatoms. The van der Waals surface area contributed by atoms with Gasteiger partial charge in [0.2, 0.25) is 0 Å². The van der Waals surface area contributed by atoms with E-state index in [4.69, 9.17) is 0 Å². The molecular weight excluding hydrogens is 498 g/mol. The molecule has 0 bridgehead atoms. The summed E-state index contributed by atoms with van der Waals surface area (Å²) in [5.41, 5.74) is 7.78. The fourth-order valence-electron chi connectivity index (χ4n) is 6.70. The fourth-order valence-corrected chi connectivity index (χ4v) is 6.70. The summed E-state index contributed by atoms with van der Waals surface area (Å²) in [6, 6.07) is 47.6. The maximum absolute atomic E-state index is 9.66. The van der Waals surface area contributed by atoms with Crippen LogP contribution in [0.3, 0.4) is 0 Å². The van der Waals surface area contributed by atoms with Crippen molar-refractivity contribution in [3.05, 3.63) is 139 Å². The van der Waals surface area contributed by atoms with Crippen LogP contribution in [-0.4, -0.2) is 6.54 Å². The number of nitrogens with zero attached hydrogens (tertiary/aromatic N) is 3. The van der Waals surface area contributed by atoms with Gasteiger partial charge in [0.05, 0.1) is 17.3 Å². The van der Waals surface area contributed by atoms with Gasteiger partial charge in [0, 0.05) is 40.1 Å². The van der Waals surface area contributed by atoms with Gasteiger partial charge in [-0.15, -0.1) is 0 Å². The molecule has 0 aromatic heterocycles. The van der Waals surface area contributed by atoms with Crippen LogP contribution in [0.25, 0.3) is 32.3 Å². The molecular formula is C38H27N3. The molecule has 0 aliphatic carbocycles. The third kappa shape index (κ3) is 3.72. The molecule has 7 aromatic carbocycles. The predicted octanol–water partition coefficient (Wildman–Crippen LogP) is 10.0. The second-order valence-electron chi connectivity index (χ2n) is 10.8. The van der Waals surface area contributed by atoms with E-state index < -0.39 is 0 Å². The second-order valence-corrected chi connectivity index (χ2v) is 10.8. The first-order valence-electron chi connectivity index (χ1n) is 14.2. The van der Waals surface area contributed by atoms with E-state index in [9.17, 15) is 5.26 Å². The van der Waals surface area contributed by atoms with Crippen molar-refractivity contribution in [3.63, 3.8) is 0 Å². The van der Waals surface area contributed by atoms with Crippen molar-refractivity contribution in [3.8, 4) is 6.07 Å². The summed E-state index contributed by atoms with van der Waals surface area (Å²) >= 11 is 0. The van der Waals surface area contributed by atoms with Crippen LogP contribution < -0.4 is 9.80 Å². The Hall–Kier alpha value is -5.33. The van der Waals surface area contributed by atoms with Gasteiger partial charge in [0.25, 0.3) is 0 Å². The molecule has 0 N–H and O–H groups in total. The molecule has 0 spiro atoms. The van der Waals surface area contributed by atoms with Crippen molar-refractivity contribution in [1.82, 2.24) is 0 Å². The Bertz CT molecular complexity index is 2110. The highest BCUT2D eigenvalue weighted by Crippen LogP contribution is 2.46. The molecule has 0 saturated carbocycles. The molecule has 1 aliphatic rings. The number of benzene rings is 7. The maximum Gasteiger partial charge on any atom is 0.0992 e. The number of rotatable bonds is 4. The van der Waals surface area contributed by atoms with Gasteiger partial charge in [0.15, 0.2) is 0 Å². The zero-order chi connectivity index (χ0) is 27.3. The largest absolute Gasteiger partial charge is 0.341 e. The van der Waals surface area contributed by atoms with Crippen molar-refractivity contribution in [1.29, 1.82) is 5.26 Å². The summed E-state index contributed by atoms with van der Waals surface area (Å²) in [6.45, 7) is 1.02. The van der Waals surface area contributed by atoms with Gasteiger partial charge in [-0.2, -0.15) is 5.26 Å². The number of fused-ring (bicyclic) bond motifs is 1. The van der Waals surface area contributed by atoms with E-state index in [2.05, 4.69) is 119 Å². The molecule has 1 heterocycles. The van der Waals surface area contributed by atoms with Gasteiger partial charge in [-0.05, 0) is 88.5 Å². The summed E-state index contributed by atoms with van der Waals surface area (Å²) < 4.78 is 0. The van der Waals surface area contributed by atoms with Gasteiger partial charge in [-0.3, -0.25) is 0 Å². The van der Waals surface area contributed by atoms with Crippen molar-refractivity contribution < 1.29 is 0 Å². The van der Waals surface area contributed by atoms with Crippen molar-refractivity contribution in [2.24, 2.45) is 0 Å². The monoisotopic (exact) mass is 525 g/mol. The zero-order valence-electron chi connectivity index (χ0n) is 22.6. The third-order valence-electron chi connectivity index (χ3n) is 8.51. The van der Waals surface area contributed by atoms with E-state index in [0.29, 0.717) is 5.56 Å². The Kier molecular flexibility index (Phi) is 5.40. The number of nitriles is 1. The summed E-state index contributed by atoms with van der Waals surface area (Å²) in [5, 5.41) is 17.2. The molecule has 0 saturated heterocycles. The molecule has 0 amide bonds. The van der Waals surface area contributed by atoms with Crippen LogP contribution in [0.1, 0.15) is 17.5 Å². The Morgan fingerprint density at radius 2 is 1.32 bits per heavy atom. The average molecular weight is 526 g/mol. The standard InChI is InChI=1S/C38H27N3/c39-25-26-8-6-13-31(24-26)41(30-11-2-1-3-12-30)36-22-18-29-15-19-32-35(21-17-28-16-20-33(36)38(29)37(28)32)40-23-7-10-27-9-4-5-14-34(27)40/h1-6,8-9,11-22,24H,7,10,23H2. The number of para-hydroxylation sites is 2. The first-order valence-corrected chi connectivity index (χ1v) is 14.2. The summed E-state index contributed by atoms with van der Waals surface area (Å²) in [7, 11) is 0. The third-order valence-corrected chi connectivity index (χ3v) is 8.51. The van der Waals surface area contributed by atoms with Crippen LogP contribution in [0.15, 0.2) is 127 Å². The average Bonchev–Trinajstić information content (AvgIpc) is 3.04. The molecule has 41 heavy (non-hydrogen) atoms. The van der Waals surface area contributed by atoms with E-state index >= 15 is 0 Å². The molecule has 3 nitrogen and oxygen atoms in total. The lowest BCUT2D eigenvalue weighted by Crippen LogP contribution is -2.24. The van der Waals surface area contributed by atoms with Crippen molar-refractivity contribution >= 4 is 60.8 Å². The minimum Gasteiger partial charge on any atom is -0.341 e. The molecule has 0 unspecified atom stereocenters. The lowest BCUT2D eigenvalue weighted by molar-refractivity contribution is 0.768. The SMILES string of the molecule is N#Cc1cccc(N(c2ccccc2)c2ccc3ccc4c(N5CCCc6ccccc65)ccc5ccc2c3c54)c1. The van der Waals surface area contributed by atoms with Crippen molar-refractivity contribution in [2.45, 2.75) is 12.8 Å². The van der Waals surface area contributed by atoms with Crippen LogP contribution in [-0.2, 0) is 6.42 Å². The molecule has 7 aromatic rings. The molecule has 0 fully saturated rings. The Morgan fingerprint density at radius 3 is 2.17 bits per heavy atom. The van der Waals surface area contributed by atoms with Crippen LogP contribution in [0.4, 0.5) is 28.4 Å². The van der Waals surface area contributed by atoms with Crippen LogP contribution in [0, 0.1) is 11.3 Å². The molecule has 1 aliphatic heterocycles. The van der Waals surface area contributed by atoms with Crippen LogP contribution in [0.2, 0.25) is 0 Å². The highest BCUT2D eigenvalue weighted by Gasteiger charge is 2.23. The smallest absolute Gasteiger partial charge is 0.0992 e. The van der Waals surface area contributed by atoms with Gasteiger partial charge >= 0.3 is 0 Å². The zero-order valence-corrected chi connectivity index (χ0v) is 22.6. The topological polar surface area (TPSA) is 30.3 Å². The van der Waals surface area contributed by atoms with Gasteiger partial charge in [-0.1, -0.05) is 78.9 Å². The number of anilines is 5. The minimum atomic E-state index is 0.646. The fraction of sp³-hybridized carbons (Fsp3) is 0.0789. The summed E-state index contributed by atoms with van der Waals surface area (Å²) in [4.78, 5) is 4.78. The van der Waals surface area contributed by atoms with Gasteiger partial charge < -0.3 is 9.80 Å². The van der Waals surface area contributed by atoms with Crippen molar-refractivity contribution in [2.75, 3.05) is 16.3 Å². The van der Waals surface area contributed by atoms with E-state index in [1.165, 1.54) is 49.3 Å². The molecule has 8 rings (SSSR count). The predicted molar refractivity (Wildman–Crippen MR) is 171 cm³/mol. The molecule has 194 valence electrons. The van der Waals surface area contributed by atoms with Gasteiger partial charge in [-0.25, -0.2) is 0 Å². The number of hydrogen-bond acceptors (Lipinski definition) is 3. The Morgan fingerprint density at radius 1 is 0.610 bits per heavy atom. The first-order chi connectivity index (χ1) is 20.3. The van der Waals surface area contributed by atoms with E-state index in [1.807, 2.05) is 24.3 Å². The minimum absolute atomic E-state index is 0.646. The first kappa shape index (κ1) is 23.5. The lowest BCUT2D eigenvalue weighted by Gasteiger charge is -2.33. The highest BCUT2D eigenvalue weighted by atomic mass is 15.1. The van der Waals surface area contributed by atoms with Crippen LogP contribution in [0.5, 0.6) is 0 Å². The number of aryl methyl sites for hydroxylation is 1. The van der Waals surface area contributed by atoms with Gasteiger partial charge in [0.1, 0.15) is 0 Å². The van der Waals surface area contributed by atoms with E-state index in [0.717, 1.165) is 36.4 Å². The maximum atomic E-state index is 9.66. The molecule has 0 atom stereocenters. The highest BCUT2D eigenvalue weighted by molar-refractivity contribution is 6.28. The Labute approximate surface area is 239 Å². The molecule has 0 radical (unpaired) electrons. The van der Waals surface area contributed by atoms with E-state index in [-0.39, 0.29) is 0 Å². The van der Waals surface area contributed by atoms with E-state index in [1.54, 1.807) is 0 Å². The van der Waals surface area contributed by atoms with Crippen LogP contribution >= 0.6 is 0 Å². The quantitative estimate of drug-likeness (QED) is 0.214. The normalized spacial score (nSPS) is 13.0. The summed E-state index contributed by atoms with van der Waals surface area (Å²) in [5.74, 6) is 0. The second kappa shape index (κ2) is 9.40.